The maximum atomic E-state index is 5.59. The number of nitrogens with two attached hydrogens (primary N) is 1. The summed E-state index contributed by atoms with van der Waals surface area (Å²) in [7, 11) is 1.94. The zero-order valence-corrected chi connectivity index (χ0v) is 5.91. The molecule has 54 valence electrons. The quantitative estimate of drug-likeness (QED) is 0.497. The van der Waals surface area contributed by atoms with E-state index in [9.17, 15) is 0 Å². The first-order valence-corrected chi connectivity index (χ1v) is 3.27. The van der Waals surface area contributed by atoms with Gasteiger partial charge >= 0.3 is 0 Å². The number of hydrazine groups is 1. The molecule has 0 saturated heterocycles. The Hall–Kier alpha value is -0.870. The Labute approximate surface area is 59.2 Å². The molecule has 0 aromatic carbocycles. The Balaban J connectivity index is 2.44. The van der Waals surface area contributed by atoms with Crippen LogP contribution in [0.5, 0.6) is 0 Å². The topological polar surface area (TPSA) is 47.1 Å². The van der Waals surface area contributed by atoms with Crippen molar-refractivity contribution in [3.05, 3.63) is 17.5 Å². The van der Waals surface area contributed by atoms with Crippen molar-refractivity contribution >= 4 is 0 Å². The van der Waals surface area contributed by atoms with E-state index in [1.807, 2.05) is 17.9 Å². The van der Waals surface area contributed by atoms with Gasteiger partial charge in [-0.3, -0.25) is 10.5 Å². The third-order valence-corrected chi connectivity index (χ3v) is 1.87. The lowest BCUT2D eigenvalue weighted by Crippen LogP contribution is -2.24. The van der Waals surface area contributed by atoms with Gasteiger partial charge in [-0.2, -0.15) is 5.10 Å². The Morgan fingerprint density at radius 3 is 3.10 bits per heavy atom. The van der Waals surface area contributed by atoms with E-state index in [0.29, 0.717) is 0 Å². The average Bonchev–Trinajstić information content (AvgIpc) is 2.35. The number of hydrogen-bond acceptors (Lipinski definition) is 3. The summed E-state index contributed by atoms with van der Waals surface area (Å²) in [5.41, 5.74) is 2.49. The van der Waals surface area contributed by atoms with Crippen molar-refractivity contribution in [2.45, 2.75) is 13.1 Å². The maximum Gasteiger partial charge on any atom is 0.0581 e. The van der Waals surface area contributed by atoms with E-state index in [2.05, 4.69) is 5.10 Å². The van der Waals surface area contributed by atoms with Crippen molar-refractivity contribution in [2.24, 2.45) is 12.9 Å². The highest BCUT2D eigenvalue weighted by molar-refractivity contribution is 5.20. The van der Waals surface area contributed by atoms with Crippen LogP contribution in [0.15, 0.2) is 6.20 Å². The molecule has 2 N–H and O–H groups in total. The lowest BCUT2D eigenvalue weighted by atomic mass is 10.3. The normalized spacial score (nSPS) is 17.8. The van der Waals surface area contributed by atoms with Gasteiger partial charge in [-0.05, 0) is 0 Å². The minimum Gasteiger partial charge on any atom is -0.271 e. The van der Waals surface area contributed by atoms with E-state index in [4.69, 9.17) is 5.84 Å². The monoisotopic (exact) mass is 138 g/mol. The highest BCUT2D eigenvalue weighted by Gasteiger charge is 2.19. The molecule has 1 aliphatic heterocycles. The summed E-state index contributed by atoms with van der Waals surface area (Å²) in [4.78, 5) is 0. The van der Waals surface area contributed by atoms with E-state index >= 15 is 0 Å². The van der Waals surface area contributed by atoms with Crippen molar-refractivity contribution in [3.63, 3.8) is 0 Å². The van der Waals surface area contributed by atoms with Gasteiger partial charge in [0, 0.05) is 19.2 Å². The van der Waals surface area contributed by atoms with Gasteiger partial charge in [0.05, 0.1) is 18.4 Å². The number of rotatable bonds is 0. The van der Waals surface area contributed by atoms with Crippen LogP contribution in [0.2, 0.25) is 0 Å². The smallest absolute Gasteiger partial charge is 0.0581 e. The highest BCUT2D eigenvalue weighted by Crippen LogP contribution is 2.17. The van der Waals surface area contributed by atoms with Gasteiger partial charge in [-0.15, -0.1) is 0 Å². The number of aryl methyl sites for hydroxylation is 1. The highest BCUT2D eigenvalue weighted by atomic mass is 15.4. The molecule has 0 spiro atoms. The van der Waals surface area contributed by atoms with E-state index in [1.54, 1.807) is 5.01 Å². The summed E-state index contributed by atoms with van der Waals surface area (Å²) < 4.78 is 1.88. The SMILES string of the molecule is Cn1ncc2c1CN(N)C2. The first-order chi connectivity index (χ1) is 4.77. The number of nitrogens with zero attached hydrogens (tertiary/aromatic N) is 3. The molecule has 1 aromatic heterocycles. The van der Waals surface area contributed by atoms with Crippen molar-refractivity contribution < 1.29 is 0 Å². The first kappa shape index (κ1) is 5.88. The molecule has 0 fully saturated rings. The maximum absolute atomic E-state index is 5.59. The summed E-state index contributed by atoms with van der Waals surface area (Å²) in [5.74, 6) is 5.59. The fourth-order valence-electron chi connectivity index (χ4n) is 1.31. The van der Waals surface area contributed by atoms with Crippen molar-refractivity contribution in [2.75, 3.05) is 0 Å². The largest absolute Gasteiger partial charge is 0.271 e. The standard InChI is InChI=1S/C6H10N4/c1-9-6-4-10(7)3-5(6)2-8-9/h2H,3-4,7H2,1H3. The third-order valence-electron chi connectivity index (χ3n) is 1.87. The molecule has 4 heteroatoms. The van der Waals surface area contributed by atoms with Gasteiger partial charge in [-0.25, -0.2) is 5.01 Å². The summed E-state index contributed by atoms with van der Waals surface area (Å²) in [6, 6.07) is 0. The molecule has 0 amide bonds. The fourth-order valence-corrected chi connectivity index (χ4v) is 1.31. The molecule has 2 rings (SSSR count). The molecule has 2 heterocycles. The minimum absolute atomic E-state index is 0.825. The molecular formula is C6H10N4. The number of fused-ring (bicyclic) bond motifs is 1. The van der Waals surface area contributed by atoms with Crippen LogP contribution in [-0.2, 0) is 20.1 Å². The predicted octanol–water partition coefficient (Wildman–Crippen LogP) is -0.391. The summed E-state index contributed by atoms with van der Waals surface area (Å²) in [6.45, 7) is 1.66. The van der Waals surface area contributed by atoms with E-state index in [0.717, 1.165) is 13.1 Å². The van der Waals surface area contributed by atoms with E-state index < -0.39 is 0 Å². The lowest BCUT2D eigenvalue weighted by Gasteiger charge is -2.04. The fraction of sp³-hybridized carbons (Fsp3) is 0.500. The van der Waals surface area contributed by atoms with Crippen LogP contribution in [-0.4, -0.2) is 14.8 Å². The van der Waals surface area contributed by atoms with Crippen LogP contribution >= 0.6 is 0 Å². The third kappa shape index (κ3) is 0.661. The van der Waals surface area contributed by atoms with Gasteiger partial charge in [0.1, 0.15) is 0 Å². The second-order valence-corrected chi connectivity index (χ2v) is 2.65. The molecule has 0 bridgehead atoms. The Bertz CT molecular complexity index is 252. The molecule has 1 aliphatic rings. The van der Waals surface area contributed by atoms with Crippen molar-refractivity contribution in [3.8, 4) is 0 Å². The number of hydrogen-bond donors (Lipinski definition) is 1. The zero-order chi connectivity index (χ0) is 7.14. The van der Waals surface area contributed by atoms with Gasteiger partial charge in [0.25, 0.3) is 0 Å². The Morgan fingerprint density at radius 1 is 1.60 bits per heavy atom. The molecule has 0 saturated carbocycles. The van der Waals surface area contributed by atoms with Gasteiger partial charge in [0.15, 0.2) is 0 Å². The van der Waals surface area contributed by atoms with Gasteiger partial charge in [0.2, 0.25) is 0 Å². The lowest BCUT2D eigenvalue weighted by molar-refractivity contribution is 0.288. The van der Waals surface area contributed by atoms with Crippen LogP contribution in [0.1, 0.15) is 11.3 Å². The molecule has 0 atom stereocenters. The zero-order valence-electron chi connectivity index (χ0n) is 5.91. The van der Waals surface area contributed by atoms with E-state index in [1.165, 1.54) is 11.3 Å². The van der Waals surface area contributed by atoms with Crippen LogP contribution in [0.4, 0.5) is 0 Å². The summed E-state index contributed by atoms with van der Waals surface area (Å²) in [6.07, 6.45) is 1.88. The second kappa shape index (κ2) is 1.81. The van der Waals surface area contributed by atoms with Gasteiger partial charge in [-0.1, -0.05) is 0 Å². The Morgan fingerprint density at radius 2 is 2.40 bits per heavy atom. The molecule has 0 aliphatic carbocycles. The molecular weight excluding hydrogens is 128 g/mol. The molecule has 4 nitrogen and oxygen atoms in total. The van der Waals surface area contributed by atoms with E-state index in [-0.39, 0.29) is 0 Å². The van der Waals surface area contributed by atoms with Crippen molar-refractivity contribution in [1.29, 1.82) is 0 Å². The molecule has 10 heavy (non-hydrogen) atoms. The minimum atomic E-state index is 0.825. The number of aromatic nitrogens is 2. The van der Waals surface area contributed by atoms with Crippen LogP contribution < -0.4 is 5.84 Å². The summed E-state index contributed by atoms with van der Waals surface area (Å²) >= 11 is 0. The first-order valence-electron chi connectivity index (χ1n) is 3.27. The van der Waals surface area contributed by atoms with Crippen LogP contribution in [0.25, 0.3) is 0 Å². The second-order valence-electron chi connectivity index (χ2n) is 2.65. The summed E-state index contributed by atoms with van der Waals surface area (Å²) in [5, 5.41) is 5.89. The average molecular weight is 138 g/mol. The van der Waals surface area contributed by atoms with Crippen LogP contribution in [0.3, 0.4) is 0 Å². The van der Waals surface area contributed by atoms with Gasteiger partial charge < -0.3 is 0 Å². The van der Waals surface area contributed by atoms with Crippen LogP contribution in [0, 0.1) is 0 Å². The predicted molar refractivity (Wildman–Crippen MR) is 36.6 cm³/mol. The molecule has 0 radical (unpaired) electrons. The Kier molecular flexibility index (Phi) is 1.06. The van der Waals surface area contributed by atoms with Crippen molar-refractivity contribution in [1.82, 2.24) is 14.8 Å². The molecule has 0 unspecified atom stereocenters. The molecule has 1 aromatic rings.